The maximum Gasteiger partial charge on any atom is 0.173 e. The number of aromatic hydroxyl groups is 1. The fourth-order valence-electron chi connectivity index (χ4n) is 9.24. The Morgan fingerprint density at radius 1 is 0.434 bits per heavy atom. The third-order valence-electron chi connectivity index (χ3n) is 13.2. The van der Waals surface area contributed by atoms with Gasteiger partial charge in [-0.25, -0.2) is 15.0 Å². The molecule has 76 heavy (non-hydrogen) atoms. The second kappa shape index (κ2) is 21.4. The summed E-state index contributed by atoms with van der Waals surface area (Å²) in [5.41, 5.74) is 33.0. The molecule has 12 N–H and O–H groups in total. The molecular weight excluding hydrogens is 951 g/mol. The maximum atomic E-state index is 11.2. The van der Waals surface area contributed by atoms with Crippen molar-refractivity contribution >= 4 is 55.7 Å². The number of hydrogen-bond donors (Lipinski definition) is 9. The predicted molar refractivity (Wildman–Crippen MR) is 301 cm³/mol. The van der Waals surface area contributed by atoms with E-state index in [0.29, 0.717) is 90.7 Å². The van der Waals surface area contributed by atoms with E-state index in [9.17, 15) is 15.3 Å². The van der Waals surface area contributed by atoms with Crippen LogP contribution < -0.4 is 17.2 Å². The van der Waals surface area contributed by atoms with Gasteiger partial charge >= 0.3 is 0 Å². The highest BCUT2D eigenvalue weighted by atomic mass is 16.3. The Balaban J connectivity index is 0.000000123. The van der Waals surface area contributed by atoms with Gasteiger partial charge in [-0.3, -0.25) is 14.7 Å². The number of hydrogen-bond acceptors (Lipinski definition) is 12. The smallest absolute Gasteiger partial charge is 0.173 e. The SMILES string of the molecule is NCc1ccc2nc(-c3nn(Cc4ccccc4)c(-c4ccccc4)c3O)[nH]c2c1.NCc1ccc2nc(C3=C(O)C(c4ccccc4)=NC3)[nH]c2c1.NCc1ccc2nc(C3=C(O)C(c4ccccc4)=NC3)[nH]c2c1. The summed E-state index contributed by atoms with van der Waals surface area (Å²) in [7, 11) is 0. The predicted octanol–water partition coefficient (Wildman–Crippen LogP) is 9.89. The number of aliphatic hydroxyl groups is 2. The van der Waals surface area contributed by atoms with Gasteiger partial charge in [0.1, 0.15) is 40.3 Å². The summed E-state index contributed by atoms with van der Waals surface area (Å²) in [4.78, 5) is 32.5. The molecular formula is C60H53N13O3. The molecule has 0 atom stereocenters. The van der Waals surface area contributed by atoms with E-state index in [0.717, 1.165) is 72.0 Å². The molecule has 0 saturated carbocycles. The maximum absolute atomic E-state index is 11.2. The number of H-pyrrole nitrogens is 3. The van der Waals surface area contributed by atoms with Gasteiger partial charge in [0.2, 0.25) is 0 Å². The molecule has 376 valence electrons. The largest absolute Gasteiger partial charge is 0.505 e. The summed E-state index contributed by atoms with van der Waals surface area (Å²) < 4.78 is 1.83. The van der Waals surface area contributed by atoms with Crippen molar-refractivity contribution in [1.29, 1.82) is 0 Å². The number of benzene rings is 7. The highest BCUT2D eigenvalue weighted by molar-refractivity contribution is 6.18. The van der Waals surface area contributed by atoms with Gasteiger partial charge < -0.3 is 47.5 Å². The minimum absolute atomic E-state index is 0.107. The van der Waals surface area contributed by atoms with E-state index in [-0.39, 0.29) is 17.3 Å². The number of nitrogens with one attached hydrogen (secondary N) is 3. The topological polar surface area (TPSA) is 267 Å². The molecule has 0 spiro atoms. The number of allylic oxidation sites excluding steroid dienone is 2. The molecule has 13 rings (SSSR count). The monoisotopic (exact) mass is 1000 g/mol. The van der Waals surface area contributed by atoms with Crippen molar-refractivity contribution in [3.63, 3.8) is 0 Å². The molecule has 11 aromatic rings. The fourth-order valence-corrected chi connectivity index (χ4v) is 9.24. The Morgan fingerprint density at radius 2 is 0.816 bits per heavy atom. The van der Waals surface area contributed by atoms with E-state index in [1.165, 1.54) is 0 Å². The number of rotatable bonds is 11. The van der Waals surface area contributed by atoms with Crippen LogP contribution in [-0.4, -0.2) is 79.5 Å². The number of fused-ring (bicyclic) bond motifs is 3. The van der Waals surface area contributed by atoms with Crippen molar-refractivity contribution in [2.45, 2.75) is 26.2 Å². The molecule has 7 aromatic carbocycles. The Labute approximate surface area is 436 Å². The zero-order valence-corrected chi connectivity index (χ0v) is 41.2. The summed E-state index contributed by atoms with van der Waals surface area (Å²) in [6.45, 7) is 2.80. The molecule has 16 nitrogen and oxygen atoms in total. The van der Waals surface area contributed by atoms with Crippen LogP contribution in [0.1, 0.15) is 45.0 Å². The highest BCUT2D eigenvalue weighted by Gasteiger charge is 2.26. The number of aliphatic imine (C=N–C) groups is 2. The standard InChI is InChI=1S/C24H21N5O.2C18H16N4O/c25-14-17-11-12-19-20(13-17)27-24(26-19)21-23(30)22(18-9-5-2-6-10-18)29(28-21)15-16-7-3-1-4-8-16;2*19-9-11-6-7-14-15(8-11)22-18(21-14)13-10-20-16(17(13)23)12-4-2-1-3-5-12/h1-13,30H,14-15,25H2,(H,26,27);2*1-8,23H,9-10,19H2,(H,21,22). The van der Waals surface area contributed by atoms with Crippen LogP contribution in [0, 0.1) is 0 Å². The van der Waals surface area contributed by atoms with E-state index in [2.05, 4.69) is 39.9 Å². The van der Waals surface area contributed by atoms with Crippen molar-refractivity contribution in [2.24, 2.45) is 27.2 Å². The lowest BCUT2D eigenvalue weighted by molar-refractivity contribution is 0.447. The van der Waals surface area contributed by atoms with Gasteiger partial charge in [-0.05, 0) is 58.7 Å². The van der Waals surface area contributed by atoms with Crippen molar-refractivity contribution in [1.82, 2.24) is 39.7 Å². The quantitative estimate of drug-likeness (QED) is 0.0592. The minimum Gasteiger partial charge on any atom is -0.505 e. The second-order valence-corrected chi connectivity index (χ2v) is 18.2. The summed E-state index contributed by atoms with van der Waals surface area (Å²) in [6, 6.07) is 56.8. The Hall–Kier alpha value is -9.74. The first-order valence-corrected chi connectivity index (χ1v) is 24.8. The molecule has 0 fully saturated rings. The Kier molecular flexibility index (Phi) is 13.7. The molecule has 0 amide bonds. The highest BCUT2D eigenvalue weighted by Crippen LogP contribution is 2.38. The lowest BCUT2D eigenvalue weighted by atomic mass is 10.1. The molecule has 16 heteroatoms. The first-order chi connectivity index (χ1) is 37.2. The van der Waals surface area contributed by atoms with Crippen LogP contribution in [0.4, 0.5) is 0 Å². The zero-order chi connectivity index (χ0) is 52.1. The Bertz CT molecular complexity index is 3850. The average Bonchev–Trinajstić information content (AvgIpc) is 4.39. The lowest BCUT2D eigenvalue weighted by Crippen LogP contribution is -2.04. The lowest BCUT2D eigenvalue weighted by Gasteiger charge is -2.08. The van der Waals surface area contributed by atoms with Crippen LogP contribution in [0.2, 0.25) is 0 Å². The molecule has 0 saturated heterocycles. The van der Waals surface area contributed by atoms with Crippen LogP contribution in [0.25, 0.3) is 67.0 Å². The molecule has 0 radical (unpaired) electrons. The van der Waals surface area contributed by atoms with Gasteiger partial charge in [-0.15, -0.1) is 0 Å². The molecule has 4 aromatic heterocycles. The van der Waals surface area contributed by atoms with Crippen molar-refractivity contribution < 1.29 is 15.3 Å². The summed E-state index contributed by atoms with van der Waals surface area (Å²) in [6.07, 6.45) is 0. The van der Waals surface area contributed by atoms with Gasteiger partial charge in [-0.2, -0.15) is 5.10 Å². The van der Waals surface area contributed by atoms with E-state index < -0.39 is 0 Å². The van der Waals surface area contributed by atoms with E-state index in [1.54, 1.807) is 0 Å². The normalized spacial score (nSPS) is 13.2. The van der Waals surface area contributed by atoms with Gasteiger partial charge in [0.25, 0.3) is 0 Å². The van der Waals surface area contributed by atoms with Gasteiger partial charge in [-0.1, -0.05) is 140 Å². The van der Waals surface area contributed by atoms with Crippen LogP contribution in [0.15, 0.2) is 197 Å². The number of aromatic amines is 3. The van der Waals surface area contributed by atoms with E-state index in [1.807, 2.05) is 181 Å². The van der Waals surface area contributed by atoms with Crippen molar-refractivity contribution in [2.75, 3.05) is 13.1 Å². The molecule has 2 aliphatic rings. The van der Waals surface area contributed by atoms with Crippen LogP contribution in [0.3, 0.4) is 0 Å². The van der Waals surface area contributed by atoms with Gasteiger partial charge in [0.15, 0.2) is 17.3 Å². The van der Waals surface area contributed by atoms with Crippen molar-refractivity contribution in [3.8, 4) is 28.5 Å². The second-order valence-electron chi connectivity index (χ2n) is 18.2. The first-order valence-electron chi connectivity index (χ1n) is 24.8. The Morgan fingerprint density at radius 3 is 1.24 bits per heavy atom. The summed E-state index contributed by atoms with van der Waals surface area (Å²) in [5.74, 6) is 2.32. The number of imidazole rings is 3. The summed E-state index contributed by atoms with van der Waals surface area (Å²) >= 11 is 0. The van der Waals surface area contributed by atoms with Crippen LogP contribution in [-0.2, 0) is 26.2 Å². The average molecular weight is 1000 g/mol. The molecule has 0 bridgehead atoms. The molecule has 2 aliphatic heterocycles. The minimum atomic E-state index is 0.107. The third kappa shape index (κ3) is 9.89. The van der Waals surface area contributed by atoms with Gasteiger partial charge in [0, 0.05) is 36.3 Å². The van der Waals surface area contributed by atoms with Crippen LogP contribution in [0.5, 0.6) is 5.75 Å². The zero-order valence-electron chi connectivity index (χ0n) is 41.2. The number of nitrogens with two attached hydrogens (primary N) is 3. The van der Waals surface area contributed by atoms with E-state index >= 15 is 0 Å². The molecule has 0 aliphatic carbocycles. The third-order valence-corrected chi connectivity index (χ3v) is 13.2. The number of nitrogens with zero attached hydrogens (tertiary/aromatic N) is 7. The summed E-state index contributed by atoms with van der Waals surface area (Å²) in [5, 5.41) is 37.0. The molecule has 0 unspecified atom stereocenters. The number of aliphatic hydroxyl groups excluding tert-OH is 2. The fraction of sp³-hybridized carbons (Fsp3) is 0.100. The number of aromatic nitrogens is 8. The molecule has 6 heterocycles. The van der Waals surface area contributed by atoms with Gasteiger partial charge in [0.05, 0.1) is 63.9 Å². The first kappa shape index (κ1) is 48.5. The van der Waals surface area contributed by atoms with E-state index in [4.69, 9.17) is 22.3 Å². The van der Waals surface area contributed by atoms with Crippen molar-refractivity contribution in [3.05, 3.63) is 232 Å². The van der Waals surface area contributed by atoms with Crippen LogP contribution >= 0.6 is 0 Å².